The van der Waals surface area contributed by atoms with Gasteiger partial charge in [0.1, 0.15) is 18.3 Å². The third kappa shape index (κ3) is 23.0. The maximum atomic E-state index is 13.8. The van der Waals surface area contributed by atoms with Crippen LogP contribution in [0.25, 0.3) is 0 Å². The number of aliphatic hydroxyl groups is 4. The first-order valence-corrected chi connectivity index (χ1v) is 25.8. The number of hydrogen-bond acceptors (Lipinski definition) is 22. The van der Waals surface area contributed by atoms with Gasteiger partial charge in [-0.3, -0.25) is 19.2 Å². The molecule has 0 aromatic rings. The van der Waals surface area contributed by atoms with E-state index in [-0.39, 0.29) is 71.2 Å². The van der Waals surface area contributed by atoms with Gasteiger partial charge >= 0.3 is 24.1 Å². The number of nitrogens with zero attached hydrogens (tertiary/aromatic N) is 3. The second kappa shape index (κ2) is 35.4. The SMILES string of the molecule is CCCOCCOCCOCCOCCC(=O)N1C[C@@H](C(=O)NCCNC(=O)O[C@@H]([C@@H]2OC(C(=O)O)=C[C@H](N=C(N)N)[C@H]2C)[C@H](O)CO)[C@H](C(=O)NCCNC(=O)O[C@@H]([C@@H]2OC(C(=O)O)=C[C@H](N=C(N)N)[C@H]2NC(C)=O)[C@H](O)CO)C1.[HH].[HH].[HH].[HH]. The third-order valence-corrected chi connectivity index (χ3v) is 12.3. The van der Waals surface area contributed by atoms with E-state index in [1.807, 2.05) is 6.92 Å². The number of carbonyl (C=O) groups excluding carboxylic acids is 6. The van der Waals surface area contributed by atoms with Crippen LogP contribution < -0.4 is 49.5 Å². The molecule has 3 rings (SSSR count). The molecule has 0 aliphatic carbocycles. The molecule has 0 bridgehead atoms. The van der Waals surface area contributed by atoms with Crippen LogP contribution in [0.15, 0.2) is 33.7 Å². The van der Waals surface area contributed by atoms with E-state index >= 15 is 0 Å². The molecule has 19 N–H and O–H groups in total. The average Bonchev–Trinajstić information content (AvgIpc) is 3.99. The van der Waals surface area contributed by atoms with Gasteiger partial charge in [0.05, 0.1) is 95.8 Å². The number of amides is 6. The second-order valence-electron chi connectivity index (χ2n) is 18.4. The summed E-state index contributed by atoms with van der Waals surface area (Å²) in [7, 11) is 0. The molecule has 1 fully saturated rings. The Morgan fingerprint density at radius 2 is 1.06 bits per heavy atom. The Bertz CT molecular complexity index is 2240. The normalized spacial score (nSPS) is 22.7. The van der Waals surface area contributed by atoms with Crippen molar-refractivity contribution in [3.05, 3.63) is 23.7 Å². The molecule has 0 saturated carbocycles. The lowest BCUT2D eigenvalue weighted by atomic mass is 9.87. The topological polar surface area (TPSA) is 524 Å². The van der Waals surface area contributed by atoms with Crippen molar-refractivity contribution in [1.82, 2.24) is 31.5 Å². The van der Waals surface area contributed by atoms with Gasteiger partial charge < -0.3 is 123 Å². The number of nitrogens with two attached hydrogens (primary N) is 4. The highest BCUT2D eigenvalue weighted by Crippen LogP contribution is 2.31. The van der Waals surface area contributed by atoms with Crippen molar-refractivity contribution in [1.29, 1.82) is 0 Å². The molecular weight excluding hydrogens is 1080 g/mol. The van der Waals surface area contributed by atoms with Crippen molar-refractivity contribution in [3.63, 3.8) is 0 Å². The molecule has 34 nitrogen and oxygen atoms in total. The number of aliphatic hydroxyl groups excluding tert-OH is 4. The molecule has 81 heavy (non-hydrogen) atoms. The second-order valence-corrected chi connectivity index (χ2v) is 18.4. The number of nitrogens with one attached hydrogen (secondary N) is 5. The number of hydrogen-bond donors (Lipinski definition) is 15. The molecule has 6 amide bonds. The Morgan fingerprint density at radius 1 is 0.654 bits per heavy atom. The Hall–Kier alpha value is -7.34. The molecule has 34 heteroatoms. The smallest absolute Gasteiger partial charge is 0.407 e. The molecule has 0 spiro atoms. The molecule has 1 saturated heterocycles. The minimum atomic E-state index is -1.92. The lowest BCUT2D eigenvalue weighted by Crippen LogP contribution is -2.61. The molecule has 466 valence electrons. The van der Waals surface area contributed by atoms with Crippen LogP contribution in [0.5, 0.6) is 0 Å². The summed E-state index contributed by atoms with van der Waals surface area (Å²) in [6.45, 7) is 3.46. The number of carboxylic acids is 2. The molecule has 0 aromatic carbocycles. The number of aliphatic carboxylic acids is 2. The van der Waals surface area contributed by atoms with E-state index in [9.17, 15) is 69.0 Å². The van der Waals surface area contributed by atoms with Crippen molar-refractivity contribution in [3.8, 4) is 0 Å². The predicted octanol–water partition coefficient (Wildman–Crippen LogP) is -5.80. The summed E-state index contributed by atoms with van der Waals surface area (Å²) in [6, 6.07) is -3.66. The average molecular weight is 1170 g/mol. The summed E-state index contributed by atoms with van der Waals surface area (Å²) < 4.78 is 43.6. The predicted molar refractivity (Wildman–Crippen MR) is 286 cm³/mol. The van der Waals surface area contributed by atoms with Crippen molar-refractivity contribution >= 4 is 59.7 Å². The first-order chi connectivity index (χ1) is 38.5. The van der Waals surface area contributed by atoms with Crippen molar-refractivity contribution in [2.75, 3.05) is 105 Å². The van der Waals surface area contributed by atoms with Crippen LogP contribution in [0, 0.1) is 17.8 Å². The number of carboxylic acid groups (broad SMARTS) is 2. The van der Waals surface area contributed by atoms with E-state index in [1.165, 1.54) is 11.8 Å². The van der Waals surface area contributed by atoms with Crippen LogP contribution in [0.1, 0.15) is 39.3 Å². The van der Waals surface area contributed by atoms with E-state index in [0.29, 0.717) is 33.0 Å². The van der Waals surface area contributed by atoms with Crippen LogP contribution in [0.4, 0.5) is 9.59 Å². The van der Waals surface area contributed by atoms with Crippen LogP contribution in [-0.4, -0.2) is 255 Å². The highest BCUT2D eigenvalue weighted by Gasteiger charge is 2.48. The number of aliphatic imine (C=N–C) groups is 2. The van der Waals surface area contributed by atoms with Crippen LogP contribution in [0.2, 0.25) is 0 Å². The van der Waals surface area contributed by atoms with Gasteiger partial charge in [-0.1, -0.05) is 13.8 Å². The van der Waals surface area contributed by atoms with Gasteiger partial charge in [0.15, 0.2) is 30.2 Å². The molecule has 3 heterocycles. The molecule has 0 unspecified atom stereocenters. The van der Waals surface area contributed by atoms with E-state index < -0.39 is 157 Å². The van der Waals surface area contributed by atoms with E-state index in [0.717, 1.165) is 25.5 Å². The molecule has 0 radical (unpaired) electrons. The summed E-state index contributed by atoms with van der Waals surface area (Å²) in [4.78, 5) is 112. The van der Waals surface area contributed by atoms with Crippen molar-refractivity contribution in [2.24, 2.45) is 50.7 Å². The Kier molecular flexibility index (Phi) is 29.7. The van der Waals surface area contributed by atoms with E-state index in [4.69, 9.17) is 60.8 Å². The zero-order chi connectivity index (χ0) is 60.2. The highest BCUT2D eigenvalue weighted by atomic mass is 16.6. The summed E-state index contributed by atoms with van der Waals surface area (Å²) in [5, 5.41) is 72.7. The lowest BCUT2D eigenvalue weighted by molar-refractivity contribution is -0.147. The third-order valence-electron chi connectivity index (χ3n) is 12.3. The highest BCUT2D eigenvalue weighted by molar-refractivity contribution is 5.91. The summed E-state index contributed by atoms with van der Waals surface area (Å²) >= 11 is 0. The molecule has 12 atom stereocenters. The van der Waals surface area contributed by atoms with Crippen molar-refractivity contribution in [2.45, 2.75) is 88.4 Å². The molecule has 3 aliphatic heterocycles. The van der Waals surface area contributed by atoms with Gasteiger partial charge in [-0.2, -0.15) is 0 Å². The van der Waals surface area contributed by atoms with Gasteiger partial charge in [-0.05, 0) is 18.6 Å². The number of alkyl carbamates (subject to hydrolysis) is 2. The maximum absolute atomic E-state index is 13.8. The van der Waals surface area contributed by atoms with E-state index in [1.54, 1.807) is 0 Å². The van der Waals surface area contributed by atoms with Gasteiger partial charge in [0, 0.05) is 64.4 Å². The number of guanidine groups is 2. The molecule has 0 aromatic heterocycles. The van der Waals surface area contributed by atoms with E-state index in [2.05, 4.69) is 36.6 Å². The number of carbonyl (C=O) groups is 8. The fourth-order valence-corrected chi connectivity index (χ4v) is 8.40. The Labute approximate surface area is 471 Å². The fraction of sp³-hybridized carbons (Fsp3) is 0.702. The number of rotatable bonds is 35. The van der Waals surface area contributed by atoms with Crippen LogP contribution in [0.3, 0.4) is 0 Å². The van der Waals surface area contributed by atoms with Gasteiger partial charge in [-0.15, -0.1) is 0 Å². The number of ether oxygens (including phenoxy) is 8. The summed E-state index contributed by atoms with van der Waals surface area (Å²) in [5.74, 6) is -11.1. The van der Waals surface area contributed by atoms with Crippen LogP contribution >= 0.6 is 0 Å². The fourth-order valence-electron chi connectivity index (χ4n) is 8.40. The quantitative estimate of drug-likeness (QED) is 0.0160. The summed E-state index contributed by atoms with van der Waals surface area (Å²) in [6.07, 6.45) is -9.91. The standard InChI is InChI=1S/C47H78N12O22.4H2/c1-4-10-74-12-14-76-16-17-77-15-13-75-11-5-34(65)59-20-26(40(66)52-6-8-54-46(72)80-37(30(63)22-60)36-24(2)28(57-44(48)49)18-32(78-36)42(68)69)27(21-59)41(67)53-7-9-55-47(73)81-38(31(64)23-61)39-35(56-25(3)62)29(58-45(50)51)19-33(79-39)43(70)71;;;;/h18-19,24,26-31,35-39,60-61,63-64H,4-17,20-23H2,1-3H3,(H,52,66)(H,53,67)(H,54,72)(H,55,73)(H,56,62)(H,68,69)(H,70,71)(H4,48,49,57)(H4,50,51,58);4*1H/t24-,26-,27-,28+,29+,30-,31-,35-,36-,37-,38-,39-;;;;/m1..../s1. The molecule has 3 aliphatic rings. The largest absolute Gasteiger partial charge is 0.479 e. The van der Waals surface area contributed by atoms with Gasteiger partial charge in [-0.25, -0.2) is 29.2 Å². The number of likely N-dealkylation sites (tertiary alicyclic amines) is 1. The van der Waals surface area contributed by atoms with Crippen molar-refractivity contribution < 1.29 is 113 Å². The zero-order valence-electron chi connectivity index (χ0n) is 45.2. The lowest BCUT2D eigenvalue weighted by Gasteiger charge is -2.39. The minimum absolute atomic E-state index is 0. The monoisotopic (exact) mass is 1170 g/mol. The zero-order valence-corrected chi connectivity index (χ0v) is 45.2. The van der Waals surface area contributed by atoms with Gasteiger partial charge in [0.2, 0.25) is 35.1 Å². The Morgan fingerprint density at radius 3 is 1.49 bits per heavy atom. The molecular formula is C47H86N12O22. The minimum Gasteiger partial charge on any atom is -0.479 e. The van der Waals surface area contributed by atoms with Crippen LogP contribution in [-0.2, 0) is 66.7 Å². The summed E-state index contributed by atoms with van der Waals surface area (Å²) in [5.41, 5.74) is 22.1. The first kappa shape index (κ1) is 67.9. The first-order valence-electron chi connectivity index (χ1n) is 25.8. The Balaban J connectivity index is 0. The van der Waals surface area contributed by atoms with Gasteiger partial charge in [0.25, 0.3) is 0 Å². The maximum Gasteiger partial charge on any atom is 0.407 e.